The van der Waals surface area contributed by atoms with E-state index in [1.807, 2.05) is 30.3 Å². The predicted molar refractivity (Wildman–Crippen MR) is 95.5 cm³/mol. The number of nitrogens with zero attached hydrogens (tertiary/aromatic N) is 2. The molecule has 2 aromatic carbocycles. The number of piperazine rings is 1. The molecule has 0 aliphatic carbocycles. The first-order valence-corrected chi connectivity index (χ1v) is 9.63. The van der Waals surface area contributed by atoms with Gasteiger partial charge in [0.2, 0.25) is 10.0 Å². The number of rotatable bonds is 4. The monoisotopic (exact) mass is 359 g/mol. The third-order valence-electron chi connectivity index (χ3n) is 4.19. The van der Waals surface area contributed by atoms with Gasteiger partial charge >= 0.3 is 6.03 Å². The number of sulfonamides is 1. The van der Waals surface area contributed by atoms with Crippen LogP contribution in [0.25, 0.3) is 0 Å². The summed E-state index contributed by atoms with van der Waals surface area (Å²) < 4.78 is 26.6. The van der Waals surface area contributed by atoms with Gasteiger partial charge in [-0.05, 0) is 17.7 Å². The molecule has 0 unspecified atom stereocenters. The Bertz CT molecular complexity index is 802. The lowest BCUT2D eigenvalue weighted by Crippen LogP contribution is -2.52. The van der Waals surface area contributed by atoms with E-state index in [0.29, 0.717) is 32.7 Å². The predicted octanol–water partition coefficient (Wildman–Crippen LogP) is 1.90. The van der Waals surface area contributed by atoms with Gasteiger partial charge in [-0.2, -0.15) is 4.31 Å². The molecule has 0 bridgehead atoms. The smallest absolute Gasteiger partial charge is 0.317 e. The van der Waals surface area contributed by atoms with E-state index in [1.54, 1.807) is 35.2 Å². The summed E-state index contributed by atoms with van der Waals surface area (Å²) >= 11 is 0. The third-order valence-corrected chi connectivity index (χ3v) is 6.11. The molecular weight excluding hydrogens is 338 g/mol. The maximum atomic E-state index is 12.6. The molecule has 3 rings (SSSR count). The molecule has 1 fully saturated rings. The molecule has 1 aliphatic heterocycles. The number of carbonyl (C=O) groups is 1. The minimum Gasteiger partial charge on any atom is -0.334 e. The van der Waals surface area contributed by atoms with E-state index in [2.05, 4.69) is 5.32 Å². The van der Waals surface area contributed by atoms with Gasteiger partial charge in [0.15, 0.2) is 0 Å². The molecule has 1 N–H and O–H groups in total. The zero-order valence-corrected chi connectivity index (χ0v) is 14.7. The number of nitrogens with one attached hydrogen (secondary N) is 1. The minimum atomic E-state index is -3.49. The number of benzene rings is 2. The molecule has 2 amide bonds. The first-order valence-electron chi connectivity index (χ1n) is 8.19. The topological polar surface area (TPSA) is 69.7 Å². The van der Waals surface area contributed by atoms with Crippen LogP contribution < -0.4 is 5.32 Å². The van der Waals surface area contributed by atoms with Gasteiger partial charge in [-0.1, -0.05) is 48.5 Å². The fraction of sp³-hybridized carbons (Fsp3) is 0.278. The van der Waals surface area contributed by atoms with Crippen LogP contribution in [0.15, 0.2) is 65.6 Å². The Hall–Kier alpha value is -2.38. The summed E-state index contributed by atoms with van der Waals surface area (Å²) in [5, 5.41) is 2.87. The second kappa shape index (κ2) is 7.67. The second-order valence-corrected chi connectivity index (χ2v) is 7.79. The van der Waals surface area contributed by atoms with Crippen LogP contribution in [0, 0.1) is 0 Å². The number of carbonyl (C=O) groups excluding carboxylic acids is 1. The molecule has 1 aliphatic rings. The van der Waals surface area contributed by atoms with Crippen molar-refractivity contribution in [1.29, 1.82) is 0 Å². The van der Waals surface area contributed by atoms with Crippen LogP contribution in [0.5, 0.6) is 0 Å². The molecule has 0 saturated carbocycles. The molecule has 7 heteroatoms. The molecule has 2 aromatic rings. The zero-order chi connectivity index (χ0) is 17.7. The Balaban J connectivity index is 1.54. The maximum absolute atomic E-state index is 12.6. The number of amides is 2. The van der Waals surface area contributed by atoms with Gasteiger partial charge in [0.1, 0.15) is 0 Å². The molecule has 1 heterocycles. The summed E-state index contributed by atoms with van der Waals surface area (Å²) in [6.45, 7) is 1.83. The summed E-state index contributed by atoms with van der Waals surface area (Å²) in [6, 6.07) is 17.9. The van der Waals surface area contributed by atoms with Crippen LogP contribution in [0.3, 0.4) is 0 Å². The Morgan fingerprint density at radius 1 is 0.880 bits per heavy atom. The number of hydrogen-bond donors (Lipinski definition) is 1. The van der Waals surface area contributed by atoms with Crippen molar-refractivity contribution in [3.05, 3.63) is 66.2 Å². The van der Waals surface area contributed by atoms with Crippen molar-refractivity contribution in [3.63, 3.8) is 0 Å². The minimum absolute atomic E-state index is 0.166. The third kappa shape index (κ3) is 4.18. The van der Waals surface area contributed by atoms with E-state index in [4.69, 9.17) is 0 Å². The van der Waals surface area contributed by atoms with Gasteiger partial charge < -0.3 is 10.2 Å². The first kappa shape index (κ1) is 17.4. The average molecular weight is 359 g/mol. The molecule has 0 aromatic heterocycles. The molecule has 25 heavy (non-hydrogen) atoms. The van der Waals surface area contributed by atoms with Gasteiger partial charge in [0.05, 0.1) is 4.90 Å². The van der Waals surface area contributed by atoms with Crippen LogP contribution in [0.1, 0.15) is 5.56 Å². The quantitative estimate of drug-likeness (QED) is 0.906. The fourth-order valence-corrected chi connectivity index (χ4v) is 4.20. The molecule has 6 nitrogen and oxygen atoms in total. The Labute approximate surface area is 148 Å². The van der Waals surface area contributed by atoms with Crippen LogP contribution in [0.2, 0.25) is 0 Å². The maximum Gasteiger partial charge on any atom is 0.317 e. The van der Waals surface area contributed by atoms with Crippen molar-refractivity contribution in [2.45, 2.75) is 11.4 Å². The van der Waals surface area contributed by atoms with Gasteiger partial charge in [-0.15, -0.1) is 0 Å². The lowest BCUT2D eigenvalue weighted by molar-refractivity contribution is 0.172. The highest BCUT2D eigenvalue weighted by molar-refractivity contribution is 7.89. The molecule has 0 radical (unpaired) electrons. The first-order chi connectivity index (χ1) is 12.1. The van der Waals surface area contributed by atoms with Crippen molar-refractivity contribution in [1.82, 2.24) is 14.5 Å². The van der Waals surface area contributed by atoms with Crippen LogP contribution in [0.4, 0.5) is 4.79 Å². The highest BCUT2D eigenvalue weighted by atomic mass is 32.2. The van der Waals surface area contributed by atoms with E-state index in [-0.39, 0.29) is 10.9 Å². The largest absolute Gasteiger partial charge is 0.334 e. The Morgan fingerprint density at radius 3 is 2.04 bits per heavy atom. The Kier molecular flexibility index (Phi) is 5.35. The molecule has 0 atom stereocenters. The van der Waals surface area contributed by atoms with Crippen LogP contribution in [-0.4, -0.2) is 49.8 Å². The van der Waals surface area contributed by atoms with E-state index in [9.17, 15) is 13.2 Å². The molecule has 1 saturated heterocycles. The number of urea groups is 1. The summed E-state index contributed by atoms with van der Waals surface area (Å²) in [6.07, 6.45) is 0. The highest BCUT2D eigenvalue weighted by Gasteiger charge is 2.29. The van der Waals surface area contributed by atoms with Gasteiger partial charge in [0.25, 0.3) is 0 Å². The SMILES string of the molecule is O=C(NCc1ccccc1)N1CCN(S(=O)(=O)c2ccccc2)CC1. The molecule has 0 spiro atoms. The molecule has 132 valence electrons. The number of hydrogen-bond acceptors (Lipinski definition) is 3. The van der Waals surface area contributed by atoms with Crippen molar-refractivity contribution in [2.75, 3.05) is 26.2 Å². The van der Waals surface area contributed by atoms with E-state index < -0.39 is 10.0 Å². The summed E-state index contributed by atoms with van der Waals surface area (Å²) in [5.41, 5.74) is 1.03. The average Bonchev–Trinajstić information content (AvgIpc) is 2.68. The molecular formula is C18H21N3O3S. The normalized spacial score (nSPS) is 15.8. The van der Waals surface area contributed by atoms with E-state index in [1.165, 1.54) is 4.31 Å². The van der Waals surface area contributed by atoms with Gasteiger partial charge in [-0.25, -0.2) is 13.2 Å². The van der Waals surface area contributed by atoms with Gasteiger partial charge in [-0.3, -0.25) is 0 Å². The standard InChI is InChI=1S/C18H21N3O3S/c22-18(19-15-16-7-3-1-4-8-16)20-11-13-21(14-12-20)25(23,24)17-9-5-2-6-10-17/h1-10H,11-15H2,(H,19,22). The fourth-order valence-electron chi connectivity index (χ4n) is 2.76. The second-order valence-electron chi connectivity index (χ2n) is 5.85. The highest BCUT2D eigenvalue weighted by Crippen LogP contribution is 2.17. The van der Waals surface area contributed by atoms with Crippen molar-refractivity contribution in [3.8, 4) is 0 Å². The summed E-state index contributed by atoms with van der Waals surface area (Å²) in [5.74, 6) is 0. The van der Waals surface area contributed by atoms with Crippen LogP contribution in [-0.2, 0) is 16.6 Å². The van der Waals surface area contributed by atoms with Crippen molar-refractivity contribution >= 4 is 16.1 Å². The van der Waals surface area contributed by atoms with E-state index in [0.717, 1.165) is 5.56 Å². The lowest BCUT2D eigenvalue weighted by Gasteiger charge is -2.34. The van der Waals surface area contributed by atoms with Crippen molar-refractivity contribution in [2.24, 2.45) is 0 Å². The summed E-state index contributed by atoms with van der Waals surface area (Å²) in [7, 11) is -3.49. The van der Waals surface area contributed by atoms with Gasteiger partial charge in [0, 0.05) is 32.7 Å². The zero-order valence-electron chi connectivity index (χ0n) is 13.8. The van der Waals surface area contributed by atoms with Crippen LogP contribution >= 0.6 is 0 Å². The Morgan fingerprint density at radius 2 is 1.44 bits per heavy atom. The van der Waals surface area contributed by atoms with E-state index >= 15 is 0 Å². The summed E-state index contributed by atoms with van der Waals surface area (Å²) in [4.78, 5) is 14.2. The lowest BCUT2D eigenvalue weighted by atomic mass is 10.2. The van der Waals surface area contributed by atoms with Crippen molar-refractivity contribution < 1.29 is 13.2 Å².